The molecule has 1 aliphatic heterocycles. The molecule has 1 saturated heterocycles. The van der Waals surface area contributed by atoms with Crippen LogP contribution in [0.25, 0.3) is 0 Å². The number of esters is 1. The lowest BCUT2D eigenvalue weighted by Gasteiger charge is -2.23. The van der Waals surface area contributed by atoms with Gasteiger partial charge in [-0.1, -0.05) is 29.3 Å². The van der Waals surface area contributed by atoms with Gasteiger partial charge in [0.1, 0.15) is 22.2 Å². The van der Waals surface area contributed by atoms with Crippen molar-refractivity contribution in [3.05, 3.63) is 57.0 Å². The Labute approximate surface area is 217 Å². The maximum Gasteiger partial charge on any atom is 0.387 e. The molecule has 1 aromatic heterocycles. The van der Waals surface area contributed by atoms with Gasteiger partial charge in [0.15, 0.2) is 23.9 Å². The maximum atomic E-state index is 12.9. The van der Waals surface area contributed by atoms with E-state index in [4.69, 9.17) is 32.7 Å². The molecule has 2 aliphatic rings. The minimum absolute atomic E-state index is 0. The lowest BCUT2D eigenvalue weighted by atomic mass is 10.0. The van der Waals surface area contributed by atoms with Gasteiger partial charge in [-0.15, -0.1) is 12.4 Å². The zero-order chi connectivity index (χ0) is 24.2. The molecule has 0 bridgehead atoms. The van der Waals surface area contributed by atoms with Crippen LogP contribution < -0.4 is 19.5 Å². The van der Waals surface area contributed by atoms with Crippen molar-refractivity contribution in [2.24, 2.45) is 5.92 Å². The van der Waals surface area contributed by atoms with Crippen LogP contribution in [0.5, 0.6) is 11.5 Å². The molecule has 0 spiro atoms. The number of hydrogen-bond donors (Lipinski definition) is 1. The first-order chi connectivity index (χ1) is 16.3. The molecule has 35 heavy (non-hydrogen) atoms. The van der Waals surface area contributed by atoms with Crippen LogP contribution in [-0.4, -0.2) is 31.8 Å². The molecule has 1 saturated carbocycles. The summed E-state index contributed by atoms with van der Waals surface area (Å²) >= 11 is 12.5. The minimum Gasteiger partial charge on any atom is -0.619 e. The third-order valence-electron chi connectivity index (χ3n) is 5.78. The van der Waals surface area contributed by atoms with Gasteiger partial charge in [0.05, 0.1) is 6.61 Å². The third-order valence-corrected chi connectivity index (χ3v) is 6.43. The summed E-state index contributed by atoms with van der Waals surface area (Å²) in [5.74, 6) is -0.0405. The van der Waals surface area contributed by atoms with E-state index in [2.05, 4.69) is 10.1 Å². The molecule has 1 aliphatic carbocycles. The Morgan fingerprint density at radius 2 is 1.89 bits per heavy atom. The molecule has 0 radical (unpaired) electrons. The Kier molecular flexibility index (Phi) is 9.63. The van der Waals surface area contributed by atoms with Gasteiger partial charge in [0.25, 0.3) is 0 Å². The number of aromatic nitrogens is 1. The summed E-state index contributed by atoms with van der Waals surface area (Å²) in [6.07, 6.45) is 5.04. The number of halogens is 5. The van der Waals surface area contributed by atoms with Crippen LogP contribution in [0.2, 0.25) is 10.0 Å². The molecule has 192 valence electrons. The summed E-state index contributed by atoms with van der Waals surface area (Å²) < 4.78 is 42.5. The van der Waals surface area contributed by atoms with E-state index in [-0.39, 0.29) is 40.4 Å². The lowest BCUT2D eigenvalue weighted by molar-refractivity contribution is -0.605. The van der Waals surface area contributed by atoms with Crippen molar-refractivity contribution < 1.29 is 32.5 Å². The summed E-state index contributed by atoms with van der Waals surface area (Å²) in [4.78, 5) is 12.8. The third kappa shape index (κ3) is 7.46. The first-order valence-electron chi connectivity index (χ1n) is 11.0. The Hall–Kier alpha value is -2.07. The van der Waals surface area contributed by atoms with Gasteiger partial charge in [0, 0.05) is 12.0 Å². The molecule has 2 fully saturated rings. The SMILES string of the molecule is Cl.O=C(OC(Cc1c(Cl)c[n+]([O-])cc1Cl)c1ccc(OC(F)F)c(OCC2CC2)c1)[C@@H]1CCCN1. The van der Waals surface area contributed by atoms with Crippen molar-refractivity contribution in [1.29, 1.82) is 0 Å². The minimum atomic E-state index is -3.02. The van der Waals surface area contributed by atoms with Crippen molar-refractivity contribution in [3.63, 3.8) is 0 Å². The number of nitrogens with zero attached hydrogens (tertiary/aromatic N) is 1. The molecule has 12 heteroatoms. The van der Waals surface area contributed by atoms with Crippen LogP contribution in [0.4, 0.5) is 8.78 Å². The van der Waals surface area contributed by atoms with E-state index in [1.165, 1.54) is 18.2 Å². The number of carbonyl (C=O) groups excluding carboxylic acids is 1. The molecular formula is C23H25Cl3F2N2O5. The molecule has 4 rings (SSSR count). The number of carbonyl (C=O) groups is 1. The van der Waals surface area contributed by atoms with Gasteiger partial charge in [0.2, 0.25) is 0 Å². The van der Waals surface area contributed by atoms with E-state index >= 15 is 0 Å². The van der Waals surface area contributed by atoms with Crippen molar-refractivity contribution in [2.45, 2.75) is 50.9 Å². The van der Waals surface area contributed by atoms with Crippen LogP contribution in [-0.2, 0) is 16.0 Å². The number of alkyl halides is 2. The Bertz CT molecular complexity index is 1010. The first kappa shape index (κ1) is 27.5. The number of pyridine rings is 1. The monoisotopic (exact) mass is 552 g/mol. The normalized spacial score (nSPS) is 18.1. The Balaban J connectivity index is 0.00000342. The second-order valence-electron chi connectivity index (χ2n) is 8.41. The lowest BCUT2D eigenvalue weighted by Crippen LogP contribution is -2.33. The van der Waals surface area contributed by atoms with Crippen molar-refractivity contribution >= 4 is 41.6 Å². The summed E-state index contributed by atoms with van der Waals surface area (Å²) in [5.41, 5.74) is 0.908. The average molecular weight is 554 g/mol. The highest BCUT2D eigenvalue weighted by Crippen LogP contribution is 2.38. The summed E-state index contributed by atoms with van der Waals surface area (Å²) in [7, 11) is 0. The summed E-state index contributed by atoms with van der Waals surface area (Å²) in [5, 5.41) is 15.0. The number of rotatable bonds is 10. The van der Waals surface area contributed by atoms with Gasteiger partial charge in [-0.05, 0) is 55.8 Å². The van der Waals surface area contributed by atoms with E-state index in [1.807, 2.05) is 0 Å². The summed E-state index contributed by atoms with van der Waals surface area (Å²) in [6.45, 7) is -1.93. The van der Waals surface area contributed by atoms with Crippen molar-refractivity contribution in [3.8, 4) is 11.5 Å². The van der Waals surface area contributed by atoms with Gasteiger partial charge in [-0.3, -0.25) is 4.79 Å². The zero-order valence-electron chi connectivity index (χ0n) is 18.6. The van der Waals surface area contributed by atoms with Gasteiger partial charge in [-0.2, -0.15) is 13.5 Å². The Morgan fingerprint density at radius 3 is 2.49 bits per heavy atom. The maximum absolute atomic E-state index is 12.9. The van der Waals surface area contributed by atoms with Gasteiger partial charge < -0.3 is 24.7 Å². The largest absolute Gasteiger partial charge is 0.619 e. The van der Waals surface area contributed by atoms with E-state index < -0.39 is 24.7 Å². The van der Waals surface area contributed by atoms with Crippen LogP contribution >= 0.6 is 35.6 Å². The fourth-order valence-corrected chi connectivity index (χ4v) is 4.37. The molecule has 2 aromatic rings. The predicted octanol–water partition coefficient (Wildman–Crippen LogP) is 5.02. The van der Waals surface area contributed by atoms with Gasteiger partial charge >= 0.3 is 12.6 Å². The molecule has 2 atom stereocenters. The van der Waals surface area contributed by atoms with Crippen LogP contribution in [0.1, 0.15) is 42.9 Å². The van der Waals surface area contributed by atoms with E-state index in [1.54, 1.807) is 0 Å². The second kappa shape index (κ2) is 12.3. The molecule has 2 heterocycles. The van der Waals surface area contributed by atoms with Crippen molar-refractivity contribution in [1.82, 2.24) is 5.32 Å². The summed E-state index contributed by atoms with van der Waals surface area (Å²) in [6, 6.07) is 3.97. The molecule has 7 nitrogen and oxygen atoms in total. The van der Waals surface area contributed by atoms with Crippen LogP contribution in [0.3, 0.4) is 0 Å². The number of nitrogens with one attached hydrogen (secondary N) is 1. The van der Waals surface area contributed by atoms with E-state index in [0.717, 1.165) is 31.7 Å². The van der Waals surface area contributed by atoms with E-state index in [9.17, 15) is 18.8 Å². The molecule has 1 N–H and O–H groups in total. The van der Waals surface area contributed by atoms with E-state index in [0.29, 0.717) is 41.3 Å². The highest BCUT2D eigenvalue weighted by Gasteiger charge is 2.30. The highest BCUT2D eigenvalue weighted by atomic mass is 35.5. The standard InChI is InChI=1S/C23H24Cl2F2N2O5.ClH/c24-16-10-29(31)11-17(25)15(16)9-20(33-22(30)18-2-1-7-28-18)14-5-6-19(34-23(26)27)21(8-14)32-12-13-3-4-13;/h5-6,8,10-11,13,18,20,23,28H,1-4,7,9,12H2;1H/t18-,20?;/m0./s1. The van der Waals surface area contributed by atoms with Crippen LogP contribution in [0.15, 0.2) is 30.6 Å². The highest BCUT2D eigenvalue weighted by molar-refractivity contribution is 6.35. The number of benzene rings is 1. The molecule has 1 aromatic carbocycles. The second-order valence-corrected chi connectivity index (χ2v) is 9.22. The number of ether oxygens (including phenoxy) is 3. The van der Waals surface area contributed by atoms with Crippen LogP contribution in [0, 0.1) is 11.1 Å². The van der Waals surface area contributed by atoms with Gasteiger partial charge in [-0.25, -0.2) is 0 Å². The molecular weight excluding hydrogens is 529 g/mol. The fraction of sp³-hybridized carbons (Fsp3) is 0.478. The quantitative estimate of drug-likeness (QED) is 0.253. The smallest absolute Gasteiger partial charge is 0.387 e. The number of hydrogen-bond acceptors (Lipinski definition) is 6. The fourth-order valence-electron chi connectivity index (χ4n) is 3.77. The first-order valence-corrected chi connectivity index (χ1v) is 11.8. The molecule has 1 unspecified atom stereocenters. The Morgan fingerprint density at radius 1 is 1.17 bits per heavy atom. The predicted molar refractivity (Wildman–Crippen MR) is 128 cm³/mol. The zero-order valence-corrected chi connectivity index (χ0v) is 20.9. The van der Waals surface area contributed by atoms with Crippen molar-refractivity contribution in [2.75, 3.05) is 13.2 Å². The molecule has 0 amide bonds. The average Bonchev–Trinajstić information content (AvgIpc) is 3.44. The topological polar surface area (TPSA) is 83.7 Å².